The van der Waals surface area contributed by atoms with Gasteiger partial charge in [-0.15, -0.1) is 0 Å². The zero-order valence-electron chi connectivity index (χ0n) is 11.9. The summed E-state index contributed by atoms with van der Waals surface area (Å²) in [5, 5.41) is 20.8. The van der Waals surface area contributed by atoms with Crippen LogP contribution in [-0.2, 0) is 9.59 Å². The van der Waals surface area contributed by atoms with Gasteiger partial charge in [-0.05, 0) is 6.42 Å². The molecule has 0 atom stereocenters. The van der Waals surface area contributed by atoms with Crippen molar-refractivity contribution in [2.45, 2.75) is 58.3 Å². The standard InChI is InChI=1S/C12H22O4.K.Li/c1-2-3-4-5-6-7-8-9-10(11(13)14)12(15)16;;/h10H,2-9H2,1H3,(H,13,14)(H,15,16);;/q;2*+1/p-2. The Labute approximate surface area is 164 Å². The fourth-order valence-corrected chi connectivity index (χ4v) is 1.64. The number of hydrogen-bond acceptors (Lipinski definition) is 4. The molecule has 0 heterocycles. The monoisotopic (exact) mass is 274 g/mol. The van der Waals surface area contributed by atoms with Crippen LogP contribution in [0, 0.1) is 5.92 Å². The van der Waals surface area contributed by atoms with E-state index in [2.05, 4.69) is 6.92 Å². The number of carboxylic acids is 2. The molecular weight excluding hydrogens is 254 g/mol. The summed E-state index contributed by atoms with van der Waals surface area (Å²) >= 11 is 0. The Balaban J connectivity index is -0.00000112. The molecule has 0 bridgehead atoms. The predicted molar refractivity (Wildman–Crippen MR) is 56.1 cm³/mol. The molecule has 0 radical (unpaired) electrons. The number of rotatable bonds is 10. The summed E-state index contributed by atoms with van der Waals surface area (Å²) in [6, 6.07) is 0. The minimum atomic E-state index is -1.54. The summed E-state index contributed by atoms with van der Waals surface area (Å²) in [6.45, 7) is 2.14. The zero-order chi connectivity index (χ0) is 12.4. The maximum absolute atomic E-state index is 10.4. The zero-order valence-corrected chi connectivity index (χ0v) is 15.0. The molecule has 0 rings (SSSR count). The molecule has 0 saturated heterocycles. The Hall–Kier alpha value is 1.17. The molecule has 4 nitrogen and oxygen atoms in total. The quantitative estimate of drug-likeness (QED) is 0.226. The SMILES string of the molecule is CCCCCCCCCC(C(=O)[O-])C(=O)[O-].[K+].[Li+]. The van der Waals surface area contributed by atoms with Gasteiger partial charge in [0.05, 0.1) is 11.9 Å². The molecule has 0 aliphatic heterocycles. The molecule has 0 aromatic carbocycles. The maximum Gasteiger partial charge on any atom is 1.00 e. The van der Waals surface area contributed by atoms with Crippen molar-refractivity contribution in [1.29, 1.82) is 0 Å². The number of aliphatic carboxylic acids is 2. The van der Waals surface area contributed by atoms with E-state index < -0.39 is 17.9 Å². The Morgan fingerprint density at radius 1 is 0.889 bits per heavy atom. The average Bonchev–Trinajstić information content (AvgIpc) is 2.21. The molecule has 0 fully saturated rings. The van der Waals surface area contributed by atoms with Crippen LogP contribution < -0.4 is 80.5 Å². The summed E-state index contributed by atoms with van der Waals surface area (Å²) in [5.74, 6) is -4.52. The van der Waals surface area contributed by atoms with Gasteiger partial charge in [-0.3, -0.25) is 0 Å². The molecule has 6 heteroatoms. The molecule has 0 N–H and O–H groups in total. The van der Waals surface area contributed by atoms with E-state index in [0.717, 1.165) is 19.3 Å². The van der Waals surface area contributed by atoms with Crippen LogP contribution >= 0.6 is 0 Å². The molecule has 0 spiro atoms. The second kappa shape index (κ2) is 16.2. The van der Waals surface area contributed by atoms with E-state index in [1.54, 1.807) is 0 Å². The average molecular weight is 274 g/mol. The topological polar surface area (TPSA) is 80.3 Å². The van der Waals surface area contributed by atoms with Crippen molar-refractivity contribution in [3.63, 3.8) is 0 Å². The van der Waals surface area contributed by atoms with Crippen molar-refractivity contribution < 1.29 is 90.0 Å². The van der Waals surface area contributed by atoms with Gasteiger partial charge in [-0.1, -0.05) is 51.9 Å². The Bertz CT molecular complexity index is 210. The molecule has 0 saturated carbocycles. The molecule has 0 aliphatic carbocycles. The van der Waals surface area contributed by atoms with Crippen LogP contribution in [-0.4, -0.2) is 11.9 Å². The molecular formula is C12H20KLiO4. The second-order valence-electron chi connectivity index (χ2n) is 4.10. The van der Waals surface area contributed by atoms with Crippen LogP contribution in [0.1, 0.15) is 58.3 Å². The Morgan fingerprint density at radius 3 is 1.67 bits per heavy atom. The minimum Gasteiger partial charge on any atom is -0.549 e. The minimum absolute atomic E-state index is 0. The van der Waals surface area contributed by atoms with Crippen LogP contribution in [0.5, 0.6) is 0 Å². The molecule has 94 valence electrons. The third kappa shape index (κ3) is 13.6. The fraction of sp³-hybridized carbons (Fsp3) is 0.833. The molecule has 0 amide bonds. The smallest absolute Gasteiger partial charge is 0.549 e. The van der Waals surface area contributed by atoms with Crippen molar-refractivity contribution in [2.24, 2.45) is 5.92 Å². The predicted octanol–water partition coefficient (Wildman–Crippen LogP) is -5.75. The summed E-state index contributed by atoms with van der Waals surface area (Å²) in [4.78, 5) is 20.8. The van der Waals surface area contributed by atoms with Gasteiger partial charge in [0.15, 0.2) is 0 Å². The van der Waals surface area contributed by atoms with Crippen molar-refractivity contribution in [2.75, 3.05) is 0 Å². The first-order valence-electron chi connectivity index (χ1n) is 6.01. The van der Waals surface area contributed by atoms with E-state index >= 15 is 0 Å². The normalized spacial score (nSPS) is 9.44. The van der Waals surface area contributed by atoms with Crippen molar-refractivity contribution in [3.8, 4) is 0 Å². The van der Waals surface area contributed by atoms with Crippen molar-refractivity contribution in [1.82, 2.24) is 0 Å². The van der Waals surface area contributed by atoms with Gasteiger partial charge >= 0.3 is 70.2 Å². The molecule has 0 aliphatic rings. The van der Waals surface area contributed by atoms with Crippen LogP contribution in [0.3, 0.4) is 0 Å². The van der Waals surface area contributed by atoms with Crippen LogP contribution in [0.25, 0.3) is 0 Å². The third-order valence-corrected chi connectivity index (χ3v) is 2.67. The second-order valence-corrected chi connectivity index (χ2v) is 4.10. The van der Waals surface area contributed by atoms with E-state index in [0.29, 0.717) is 6.42 Å². The van der Waals surface area contributed by atoms with Crippen molar-refractivity contribution in [3.05, 3.63) is 0 Å². The van der Waals surface area contributed by atoms with E-state index in [-0.39, 0.29) is 76.7 Å². The maximum atomic E-state index is 10.4. The van der Waals surface area contributed by atoms with Crippen LogP contribution in [0.15, 0.2) is 0 Å². The third-order valence-electron chi connectivity index (χ3n) is 2.67. The first kappa shape index (κ1) is 24.2. The van der Waals surface area contributed by atoms with E-state index in [1.165, 1.54) is 19.3 Å². The fourth-order valence-electron chi connectivity index (χ4n) is 1.64. The largest absolute Gasteiger partial charge is 1.00 e. The number of hydrogen-bond donors (Lipinski definition) is 0. The van der Waals surface area contributed by atoms with Crippen LogP contribution in [0.4, 0.5) is 0 Å². The van der Waals surface area contributed by atoms with Gasteiger partial charge in [-0.2, -0.15) is 0 Å². The van der Waals surface area contributed by atoms with Gasteiger partial charge in [0.1, 0.15) is 0 Å². The summed E-state index contributed by atoms with van der Waals surface area (Å²) in [5.41, 5.74) is 0. The van der Waals surface area contributed by atoms with Gasteiger partial charge in [0.2, 0.25) is 0 Å². The molecule has 18 heavy (non-hydrogen) atoms. The van der Waals surface area contributed by atoms with E-state index in [1.807, 2.05) is 0 Å². The van der Waals surface area contributed by atoms with Gasteiger partial charge in [0, 0.05) is 5.92 Å². The number of carboxylic acid groups (broad SMARTS) is 2. The number of unbranched alkanes of at least 4 members (excludes halogenated alkanes) is 6. The summed E-state index contributed by atoms with van der Waals surface area (Å²) < 4.78 is 0. The first-order chi connectivity index (χ1) is 7.59. The molecule has 0 aromatic heterocycles. The van der Waals surface area contributed by atoms with E-state index in [9.17, 15) is 19.8 Å². The molecule has 0 aromatic rings. The number of carbonyl (C=O) groups is 2. The number of carbonyl (C=O) groups excluding carboxylic acids is 2. The molecule has 0 unspecified atom stereocenters. The Kier molecular flexibility index (Phi) is 21.8. The van der Waals surface area contributed by atoms with Crippen molar-refractivity contribution >= 4 is 11.9 Å². The summed E-state index contributed by atoms with van der Waals surface area (Å²) in [6.07, 6.45) is 7.39. The van der Waals surface area contributed by atoms with Crippen LogP contribution in [0.2, 0.25) is 0 Å². The van der Waals surface area contributed by atoms with Gasteiger partial charge in [0.25, 0.3) is 0 Å². The van der Waals surface area contributed by atoms with E-state index in [4.69, 9.17) is 0 Å². The van der Waals surface area contributed by atoms with Gasteiger partial charge in [-0.25, -0.2) is 0 Å². The van der Waals surface area contributed by atoms with Gasteiger partial charge < -0.3 is 19.8 Å². The first-order valence-corrected chi connectivity index (χ1v) is 6.01. The summed E-state index contributed by atoms with van der Waals surface area (Å²) in [7, 11) is 0. The Morgan fingerprint density at radius 2 is 1.28 bits per heavy atom.